The first-order valence-corrected chi connectivity index (χ1v) is 7.65. The highest BCUT2D eigenvalue weighted by molar-refractivity contribution is 5.92. The van der Waals surface area contributed by atoms with Gasteiger partial charge in [-0.1, -0.05) is 38.1 Å². The van der Waals surface area contributed by atoms with E-state index in [1.165, 1.54) is 6.07 Å². The Hall–Kier alpha value is -2.89. The van der Waals surface area contributed by atoms with Crippen LogP contribution in [0, 0.1) is 17.0 Å². The lowest BCUT2D eigenvalue weighted by molar-refractivity contribution is -0.386. The Balaban J connectivity index is 2.03. The van der Waals surface area contributed by atoms with E-state index in [1.54, 1.807) is 25.1 Å². The highest BCUT2D eigenvalue weighted by Crippen LogP contribution is 2.30. The first-order chi connectivity index (χ1) is 11.4. The first-order valence-electron chi connectivity index (χ1n) is 7.65. The number of nitrogens with one attached hydrogen (secondary N) is 1. The fourth-order valence-electron chi connectivity index (χ4n) is 2.30. The Kier molecular flexibility index (Phi) is 5.52. The van der Waals surface area contributed by atoms with Crippen LogP contribution < -0.4 is 10.1 Å². The molecule has 0 aliphatic rings. The Morgan fingerprint density at radius 2 is 1.96 bits per heavy atom. The predicted molar refractivity (Wildman–Crippen MR) is 92.5 cm³/mol. The number of anilines is 1. The zero-order chi connectivity index (χ0) is 17.7. The van der Waals surface area contributed by atoms with E-state index >= 15 is 0 Å². The van der Waals surface area contributed by atoms with Crippen molar-refractivity contribution in [3.8, 4) is 5.75 Å². The number of nitro benzene ring substituents is 1. The van der Waals surface area contributed by atoms with E-state index in [1.807, 2.05) is 18.2 Å². The third kappa shape index (κ3) is 4.32. The maximum atomic E-state index is 12.0. The van der Waals surface area contributed by atoms with Gasteiger partial charge in [0.15, 0.2) is 12.4 Å². The number of carbonyl (C=O) groups is 1. The normalized spacial score (nSPS) is 10.5. The van der Waals surface area contributed by atoms with Crippen molar-refractivity contribution >= 4 is 17.3 Å². The van der Waals surface area contributed by atoms with Gasteiger partial charge in [-0.3, -0.25) is 14.9 Å². The maximum absolute atomic E-state index is 12.0. The number of aryl methyl sites for hydroxylation is 1. The molecule has 0 aliphatic carbocycles. The average Bonchev–Trinajstić information content (AvgIpc) is 2.52. The van der Waals surface area contributed by atoms with Crippen molar-refractivity contribution in [2.75, 3.05) is 11.9 Å². The summed E-state index contributed by atoms with van der Waals surface area (Å²) in [5, 5.41) is 13.8. The van der Waals surface area contributed by atoms with Crippen molar-refractivity contribution < 1.29 is 14.5 Å². The Labute approximate surface area is 140 Å². The number of nitrogens with zero attached hydrogens (tertiary/aromatic N) is 1. The summed E-state index contributed by atoms with van der Waals surface area (Å²) < 4.78 is 5.34. The molecule has 126 valence electrons. The van der Waals surface area contributed by atoms with Crippen molar-refractivity contribution in [1.82, 2.24) is 0 Å². The Morgan fingerprint density at radius 3 is 2.62 bits per heavy atom. The molecule has 2 aromatic rings. The summed E-state index contributed by atoms with van der Waals surface area (Å²) in [7, 11) is 0. The van der Waals surface area contributed by atoms with Crippen LogP contribution in [0.1, 0.15) is 30.9 Å². The molecule has 1 amide bonds. The summed E-state index contributed by atoms with van der Waals surface area (Å²) in [5.41, 5.74) is 2.16. The third-order valence-electron chi connectivity index (χ3n) is 3.58. The SMILES string of the molecule is Cc1cccc(OCC(=O)Nc2cccc(C(C)C)c2)c1[N+](=O)[O-]. The van der Waals surface area contributed by atoms with Crippen molar-refractivity contribution in [2.45, 2.75) is 26.7 Å². The molecule has 0 aliphatic heterocycles. The summed E-state index contributed by atoms with van der Waals surface area (Å²) in [6.07, 6.45) is 0. The van der Waals surface area contributed by atoms with Gasteiger partial charge < -0.3 is 10.1 Å². The molecule has 2 rings (SSSR count). The number of rotatable bonds is 6. The van der Waals surface area contributed by atoms with Crippen molar-refractivity contribution in [3.05, 3.63) is 63.7 Å². The monoisotopic (exact) mass is 328 g/mol. The summed E-state index contributed by atoms with van der Waals surface area (Å²) in [4.78, 5) is 22.6. The molecular formula is C18H20N2O4. The van der Waals surface area contributed by atoms with Crippen LogP contribution in [0.25, 0.3) is 0 Å². The lowest BCUT2D eigenvalue weighted by atomic mass is 10.0. The standard InChI is InChI=1S/C18H20N2O4/c1-12(2)14-7-5-8-15(10-14)19-17(21)11-24-16-9-4-6-13(3)18(16)20(22)23/h4-10,12H,11H2,1-3H3,(H,19,21). The molecule has 0 spiro atoms. The second-order valence-corrected chi connectivity index (χ2v) is 5.80. The van der Waals surface area contributed by atoms with E-state index in [0.717, 1.165) is 5.56 Å². The number of para-hydroxylation sites is 1. The van der Waals surface area contributed by atoms with E-state index in [2.05, 4.69) is 19.2 Å². The molecule has 0 atom stereocenters. The molecule has 24 heavy (non-hydrogen) atoms. The fraction of sp³-hybridized carbons (Fsp3) is 0.278. The van der Waals surface area contributed by atoms with Gasteiger partial charge in [0, 0.05) is 11.3 Å². The maximum Gasteiger partial charge on any atom is 0.313 e. The van der Waals surface area contributed by atoms with Gasteiger partial charge in [0.2, 0.25) is 0 Å². The molecule has 0 bridgehead atoms. The van der Waals surface area contributed by atoms with E-state index in [9.17, 15) is 14.9 Å². The molecule has 0 saturated carbocycles. The molecule has 0 unspecified atom stereocenters. The summed E-state index contributed by atoms with van der Waals surface area (Å²) in [6.45, 7) is 5.47. The van der Waals surface area contributed by atoms with Crippen LogP contribution in [-0.2, 0) is 4.79 Å². The van der Waals surface area contributed by atoms with Crippen molar-refractivity contribution in [2.24, 2.45) is 0 Å². The molecule has 0 aromatic heterocycles. The third-order valence-corrected chi connectivity index (χ3v) is 3.58. The molecule has 0 fully saturated rings. The lowest BCUT2D eigenvalue weighted by Crippen LogP contribution is -2.20. The first kappa shape index (κ1) is 17.5. The molecule has 0 radical (unpaired) electrons. The van der Waals surface area contributed by atoms with Gasteiger partial charge in [0.25, 0.3) is 5.91 Å². The predicted octanol–water partition coefficient (Wildman–Crippen LogP) is 4.04. The number of ether oxygens (including phenoxy) is 1. The Bertz CT molecular complexity index is 756. The van der Waals surface area contributed by atoms with Gasteiger partial charge in [0.05, 0.1) is 4.92 Å². The van der Waals surface area contributed by atoms with E-state index in [0.29, 0.717) is 17.2 Å². The topological polar surface area (TPSA) is 81.5 Å². The Morgan fingerprint density at radius 1 is 1.25 bits per heavy atom. The molecular weight excluding hydrogens is 308 g/mol. The summed E-state index contributed by atoms with van der Waals surface area (Å²) in [5.74, 6) is 0.0748. The number of hydrogen-bond donors (Lipinski definition) is 1. The zero-order valence-electron chi connectivity index (χ0n) is 13.9. The number of carbonyl (C=O) groups excluding carboxylic acids is 1. The van der Waals surface area contributed by atoms with Gasteiger partial charge in [-0.05, 0) is 36.6 Å². The highest BCUT2D eigenvalue weighted by Gasteiger charge is 2.19. The molecule has 6 heteroatoms. The molecule has 6 nitrogen and oxygen atoms in total. The lowest BCUT2D eigenvalue weighted by Gasteiger charge is -2.11. The van der Waals surface area contributed by atoms with E-state index in [4.69, 9.17) is 4.74 Å². The van der Waals surface area contributed by atoms with Crippen molar-refractivity contribution in [1.29, 1.82) is 0 Å². The number of hydrogen-bond acceptors (Lipinski definition) is 4. The second-order valence-electron chi connectivity index (χ2n) is 5.80. The highest BCUT2D eigenvalue weighted by atomic mass is 16.6. The van der Waals surface area contributed by atoms with Crippen LogP contribution in [0.3, 0.4) is 0 Å². The summed E-state index contributed by atoms with van der Waals surface area (Å²) >= 11 is 0. The van der Waals surface area contributed by atoms with Crippen LogP contribution in [0.2, 0.25) is 0 Å². The minimum atomic E-state index is -0.505. The smallest absolute Gasteiger partial charge is 0.313 e. The quantitative estimate of drug-likeness (QED) is 0.641. The minimum Gasteiger partial charge on any atom is -0.477 e. The van der Waals surface area contributed by atoms with Crippen LogP contribution in [0.4, 0.5) is 11.4 Å². The average molecular weight is 328 g/mol. The van der Waals surface area contributed by atoms with E-state index in [-0.39, 0.29) is 24.0 Å². The van der Waals surface area contributed by atoms with Crippen LogP contribution >= 0.6 is 0 Å². The van der Waals surface area contributed by atoms with Gasteiger partial charge in [-0.25, -0.2) is 0 Å². The molecule has 1 N–H and O–H groups in total. The van der Waals surface area contributed by atoms with Crippen LogP contribution in [0.5, 0.6) is 5.75 Å². The van der Waals surface area contributed by atoms with E-state index < -0.39 is 4.92 Å². The van der Waals surface area contributed by atoms with Gasteiger partial charge in [-0.15, -0.1) is 0 Å². The second kappa shape index (κ2) is 7.59. The largest absolute Gasteiger partial charge is 0.477 e. The summed E-state index contributed by atoms with van der Waals surface area (Å²) in [6, 6.07) is 12.3. The fourth-order valence-corrected chi connectivity index (χ4v) is 2.30. The molecule has 2 aromatic carbocycles. The number of benzene rings is 2. The number of nitro groups is 1. The zero-order valence-corrected chi connectivity index (χ0v) is 13.9. The van der Waals surface area contributed by atoms with Gasteiger partial charge >= 0.3 is 5.69 Å². The van der Waals surface area contributed by atoms with Gasteiger partial charge in [0.1, 0.15) is 0 Å². The van der Waals surface area contributed by atoms with Crippen molar-refractivity contribution in [3.63, 3.8) is 0 Å². The number of amides is 1. The molecule has 0 saturated heterocycles. The van der Waals surface area contributed by atoms with Crippen LogP contribution in [-0.4, -0.2) is 17.4 Å². The molecule has 0 heterocycles. The van der Waals surface area contributed by atoms with Crippen LogP contribution in [0.15, 0.2) is 42.5 Å². The minimum absolute atomic E-state index is 0.0890. The van der Waals surface area contributed by atoms with Gasteiger partial charge in [-0.2, -0.15) is 0 Å².